The molecule has 1 unspecified atom stereocenters. The van der Waals surface area contributed by atoms with Crippen molar-refractivity contribution in [2.45, 2.75) is 97.6 Å². The minimum atomic E-state index is -1.72. The largest absolute Gasteiger partial charge is 0.496 e. The van der Waals surface area contributed by atoms with E-state index in [4.69, 9.17) is 13.7 Å². The zero-order chi connectivity index (χ0) is 22.0. The molecule has 0 saturated carbocycles. The van der Waals surface area contributed by atoms with Crippen LogP contribution in [-0.4, -0.2) is 33.2 Å². The molecule has 2 aliphatic rings. The van der Waals surface area contributed by atoms with Gasteiger partial charge in [-0.3, -0.25) is 0 Å². The molecule has 0 amide bonds. The van der Waals surface area contributed by atoms with Crippen molar-refractivity contribution < 1.29 is 13.7 Å². The Balaban J connectivity index is 1.80. The van der Waals surface area contributed by atoms with Crippen molar-refractivity contribution in [1.29, 1.82) is 0 Å². The maximum absolute atomic E-state index is 6.55. The third-order valence-electron chi connectivity index (χ3n) is 7.71. The summed E-state index contributed by atoms with van der Waals surface area (Å²) in [6.45, 7) is 23.1. The first-order chi connectivity index (χ1) is 13.1. The normalized spacial score (nSPS) is 23.6. The van der Waals surface area contributed by atoms with Crippen LogP contribution in [0.3, 0.4) is 0 Å². The SMILES string of the molecule is Cc1cc(B2OC(C)(C)C(C)(C)O2)c(Br)c2c1CC(CO[Si](C)(C)C(C)(C)C)C2. The van der Waals surface area contributed by atoms with Gasteiger partial charge in [-0.05, 0) is 93.7 Å². The van der Waals surface area contributed by atoms with E-state index in [9.17, 15) is 0 Å². The van der Waals surface area contributed by atoms with Crippen molar-refractivity contribution in [3.05, 3.63) is 27.2 Å². The summed E-state index contributed by atoms with van der Waals surface area (Å²) in [6, 6.07) is 2.25. The van der Waals surface area contributed by atoms with E-state index in [1.54, 1.807) is 0 Å². The van der Waals surface area contributed by atoms with Gasteiger partial charge in [0.15, 0.2) is 8.32 Å². The van der Waals surface area contributed by atoms with Gasteiger partial charge in [0, 0.05) is 11.1 Å². The molecule has 1 aliphatic heterocycles. The zero-order valence-corrected chi connectivity index (χ0v) is 22.5. The van der Waals surface area contributed by atoms with Gasteiger partial charge in [0.05, 0.1) is 11.2 Å². The molecule has 1 saturated heterocycles. The van der Waals surface area contributed by atoms with Crippen LogP contribution in [-0.2, 0) is 26.6 Å². The Bertz CT molecular complexity index is 782. The van der Waals surface area contributed by atoms with E-state index in [1.807, 2.05) is 0 Å². The van der Waals surface area contributed by atoms with Gasteiger partial charge in [-0.25, -0.2) is 0 Å². The van der Waals surface area contributed by atoms with Gasteiger partial charge in [-0.15, -0.1) is 0 Å². The highest BCUT2D eigenvalue weighted by Crippen LogP contribution is 2.41. The van der Waals surface area contributed by atoms with Crippen LogP contribution in [0.15, 0.2) is 10.5 Å². The smallest absolute Gasteiger partial charge is 0.417 e. The molecule has 0 spiro atoms. The molecule has 0 radical (unpaired) electrons. The maximum atomic E-state index is 6.55. The van der Waals surface area contributed by atoms with Crippen LogP contribution < -0.4 is 5.46 Å². The first-order valence-electron chi connectivity index (χ1n) is 10.9. The summed E-state index contributed by atoms with van der Waals surface area (Å²) < 4.78 is 20.4. The van der Waals surface area contributed by atoms with Gasteiger partial charge in [-0.1, -0.05) is 42.8 Å². The molecule has 29 heavy (non-hydrogen) atoms. The van der Waals surface area contributed by atoms with Gasteiger partial charge < -0.3 is 13.7 Å². The van der Waals surface area contributed by atoms with E-state index in [0.717, 1.165) is 29.4 Å². The van der Waals surface area contributed by atoms with E-state index in [-0.39, 0.29) is 23.4 Å². The lowest BCUT2D eigenvalue weighted by Gasteiger charge is -2.37. The molecule has 162 valence electrons. The van der Waals surface area contributed by atoms with Gasteiger partial charge >= 0.3 is 7.12 Å². The fraction of sp³-hybridized carbons (Fsp3) is 0.739. The molecule has 1 atom stereocenters. The fourth-order valence-electron chi connectivity index (χ4n) is 3.88. The molecule has 0 bridgehead atoms. The number of hydrogen-bond donors (Lipinski definition) is 0. The predicted octanol–water partition coefficient (Wildman–Crippen LogP) is 5.79. The summed E-state index contributed by atoms with van der Waals surface area (Å²) in [7, 11) is -2.05. The number of aryl methyl sites for hydroxylation is 1. The summed E-state index contributed by atoms with van der Waals surface area (Å²) >= 11 is 3.91. The lowest BCUT2D eigenvalue weighted by molar-refractivity contribution is 0.00578. The van der Waals surface area contributed by atoms with E-state index >= 15 is 0 Å². The Morgan fingerprint density at radius 3 is 2.14 bits per heavy atom. The second kappa shape index (κ2) is 7.47. The summed E-state index contributed by atoms with van der Waals surface area (Å²) in [5, 5.41) is 0.249. The van der Waals surface area contributed by atoms with Crippen molar-refractivity contribution in [3.8, 4) is 0 Å². The summed E-state index contributed by atoms with van der Waals surface area (Å²) in [4.78, 5) is 0. The molecule has 3 nitrogen and oxygen atoms in total. The highest BCUT2D eigenvalue weighted by atomic mass is 79.9. The van der Waals surface area contributed by atoms with Crippen LogP contribution in [0.2, 0.25) is 18.1 Å². The molecule has 1 fully saturated rings. The molecule has 1 heterocycles. The van der Waals surface area contributed by atoms with Crippen LogP contribution in [0, 0.1) is 12.8 Å². The Labute approximate surface area is 187 Å². The second-order valence-electron chi connectivity index (χ2n) is 11.5. The maximum Gasteiger partial charge on any atom is 0.496 e. The minimum Gasteiger partial charge on any atom is -0.417 e. The van der Waals surface area contributed by atoms with Crippen molar-refractivity contribution in [3.63, 3.8) is 0 Å². The lowest BCUT2D eigenvalue weighted by atomic mass is 9.76. The second-order valence-corrected chi connectivity index (χ2v) is 17.1. The Kier molecular flexibility index (Phi) is 6.06. The molecule has 0 aromatic heterocycles. The monoisotopic (exact) mass is 480 g/mol. The van der Waals surface area contributed by atoms with Crippen LogP contribution in [0.4, 0.5) is 0 Å². The molecule has 0 N–H and O–H groups in total. The minimum absolute atomic E-state index is 0.249. The Morgan fingerprint density at radius 1 is 1.10 bits per heavy atom. The summed E-state index contributed by atoms with van der Waals surface area (Å²) in [5.41, 5.74) is 4.68. The predicted molar refractivity (Wildman–Crippen MR) is 129 cm³/mol. The summed E-state index contributed by atoms with van der Waals surface area (Å²) in [5.74, 6) is 0.544. The molecule has 1 aromatic rings. The number of fused-ring (bicyclic) bond motifs is 1. The van der Waals surface area contributed by atoms with Crippen LogP contribution >= 0.6 is 15.9 Å². The molecule has 1 aliphatic carbocycles. The topological polar surface area (TPSA) is 27.7 Å². The lowest BCUT2D eigenvalue weighted by Crippen LogP contribution is -2.42. The zero-order valence-electron chi connectivity index (χ0n) is 20.0. The first-order valence-corrected chi connectivity index (χ1v) is 14.6. The van der Waals surface area contributed by atoms with Crippen molar-refractivity contribution in [2.24, 2.45) is 5.92 Å². The average molecular weight is 481 g/mol. The fourth-order valence-corrected chi connectivity index (χ4v) is 5.66. The highest BCUT2D eigenvalue weighted by molar-refractivity contribution is 9.10. The third kappa shape index (κ3) is 4.30. The Morgan fingerprint density at radius 2 is 1.62 bits per heavy atom. The van der Waals surface area contributed by atoms with E-state index in [1.165, 1.54) is 16.7 Å². The summed E-state index contributed by atoms with van der Waals surface area (Å²) in [6.07, 6.45) is 2.15. The van der Waals surface area contributed by atoms with Crippen LogP contribution in [0.25, 0.3) is 0 Å². The number of hydrogen-bond acceptors (Lipinski definition) is 3. The molecule has 1 aromatic carbocycles. The third-order valence-corrected chi connectivity index (χ3v) is 13.1. The molecular weight excluding hydrogens is 443 g/mol. The van der Waals surface area contributed by atoms with E-state index < -0.39 is 8.32 Å². The first kappa shape index (κ1) is 23.5. The molecular formula is C23H38BBrO3Si. The van der Waals surface area contributed by atoms with Crippen LogP contribution in [0.1, 0.15) is 65.2 Å². The standard InChI is InChI=1S/C23H38BBrO3Si/c1-15-11-19(24-27-22(5,6)23(7,8)28-24)20(25)18-13-16(12-17(15)18)14-26-29(9,10)21(2,3)4/h11,16H,12-14H2,1-10H3. The van der Waals surface area contributed by atoms with Gasteiger partial charge in [0.1, 0.15) is 0 Å². The average Bonchev–Trinajstić information content (AvgIpc) is 3.07. The Hall–Kier alpha value is -0.138. The molecule has 3 rings (SSSR count). The number of halogens is 1. The van der Waals surface area contributed by atoms with Crippen molar-refractivity contribution in [2.75, 3.05) is 6.61 Å². The molecule has 6 heteroatoms. The van der Waals surface area contributed by atoms with E-state index in [2.05, 4.69) is 90.5 Å². The van der Waals surface area contributed by atoms with Gasteiger partial charge in [-0.2, -0.15) is 0 Å². The van der Waals surface area contributed by atoms with Gasteiger partial charge in [0.25, 0.3) is 0 Å². The van der Waals surface area contributed by atoms with Crippen LogP contribution in [0.5, 0.6) is 0 Å². The number of rotatable bonds is 4. The van der Waals surface area contributed by atoms with E-state index in [0.29, 0.717) is 5.92 Å². The highest BCUT2D eigenvalue weighted by Gasteiger charge is 2.52. The quantitative estimate of drug-likeness (QED) is 0.510. The van der Waals surface area contributed by atoms with Crippen molar-refractivity contribution >= 4 is 36.8 Å². The number of benzene rings is 1. The van der Waals surface area contributed by atoms with Gasteiger partial charge in [0.2, 0.25) is 0 Å². The van der Waals surface area contributed by atoms with Crippen molar-refractivity contribution in [1.82, 2.24) is 0 Å².